The maximum atomic E-state index is 5.53. The minimum Gasteiger partial charge on any atom is -0.385 e. The Morgan fingerprint density at radius 1 is 1.00 bits per heavy atom. The SMILES string of the molecule is COCCCOCCOCc1ccc(C#CCN)cc1. The van der Waals surface area contributed by atoms with Crippen LogP contribution in [0.4, 0.5) is 0 Å². The molecule has 0 heterocycles. The Labute approximate surface area is 121 Å². The topological polar surface area (TPSA) is 53.7 Å². The quantitative estimate of drug-likeness (QED) is 0.550. The van der Waals surface area contributed by atoms with Crippen LogP contribution in [0.1, 0.15) is 17.5 Å². The predicted molar refractivity (Wildman–Crippen MR) is 79.3 cm³/mol. The highest BCUT2D eigenvalue weighted by atomic mass is 16.5. The number of hydrogen-bond acceptors (Lipinski definition) is 4. The maximum absolute atomic E-state index is 5.53. The summed E-state index contributed by atoms with van der Waals surface area (Å²) in [7, 11) is 1.69. The van der Waals surface area contributed by atoms with Crippen molar-refractivity contribution < 1.29 is 14.2 Å². The normalized spacial score (nSPS) is 10.1. The summed E-state index contributed by atoms with van der Waals surface area (Å²) in [5, 5.41) is 0. The van der Waals surface area contributed by atoms with Gasteiger partial charge in [0.1, 0.15) is 0 Å². The number of hydrogen-bond donors (Lipinski definition) is 1. The largest absolute Gasteiger partial charge is 0.385 e. The van der Waals surface area contributed by atoms with Gasteiger partial charge in [-0.25, -0.2) is 0 Å². The number of methoxy groups -OCH3 is 1. The van der Waals surface area contributed by atoms with Crippen molar-refractivity contribution >= 4 is 0 Å². The molecule has 0 aromatic heterocycles. The van der Waals surface area contributed by atoms with E-state index in [4.69, 9.17) is 19.9 Å². The lowest BCUT2D eigenvalue weighted by Crippen LogP contribution is -2.06. The van der Waals surface area contributed by atoms with E-state index in [1.807, 2.05) is 24.3 Å². The average molecular weight is 277 g/mol. The molecule has 1 aromatic rings. The Morgan fingerprint density at radius 2 is 1.75 bits per heavy atom. The molecule has 1 rings (SSSR count). The third-order valence-electron chi connectivity index (χ3n) is 2.57. The van der Waals surface area contributed by atoms with Crippen LogP contribution >= 0.6 is 0 Å². The summed E-state index contributed by atoms with van der Waals surface area (Å²) >= 11 is 0. The van der Waals surface area contributed by atoms with Gasteiger partial charge in [0.25, 0.3) is 0 Å². The van der Waals surface area contributed by atoms with Crippen LogP contribution < -0.4 is 5.73 Å². The molecule has 1 aromatic carbocycles. The Kier molecular flexibility index (Phi) is 9.54. The van der Waals surface area contributed by atoms with Gasteiger partial charge in [-0.2, -0.15) is 0 Å². The van der Waals surface area contributed by atoms with Crippen LogP contribution in [0.3, 0.4) is 0 Å². The van der Waals surface area contributed by atoms with Crippen molar-refractivity contribution in [1.29, 1.82) is 0 Å². The molecular formula is C16H23NO3. The summed E-state index contributed by atoms with van der Waals surface area (Å²) in [4.78, 5) is 0. The molecule has 0 saturated carbocycles. The minimum atomic E-state index is 0.384. The molecule has 0 aliphatic heterocycles. The monoisotopic (exact) mass is 277 g/mol. The van der Waals surface area contributed by atoms with Gasteiger partial charge in [0.05, 0.1) is 26.4 Å². The number of nitrogens with two attached hydrogens (primary N) is 1. The van der Waals surface area contributed by atoms with Crippen molar-refractivity contribution in [2.24, 2.45) is 5.73 Å². The first-order valence-electron chi connectivity index (χ1n) is 6.79. The van der Waals surface area contributed by atoms with E-state index in [1.165, 1.54) is 0 Å². The van der Waals surface area contributed by atoms with E-state index in [2.05, 4.69) is 11.8 Å². The van der Waals surface area contributed by atoms with E-state index in [-0.39, 0.29) is 0 Å². The van der Waals surface area contributed by atoms with Gasteiger partial charge in [-0.05, 0) is 24.1 Å². The van der Waals surface area contributed by atoms with E-state index in [1.54, 1.807) is 7.11 Å². The van der Waals surface area contributed by atoms with Crippen molar-refractivity contribution in [3.8, 4) is 11.8 Å². The molecule has 4 nitrogen and oxygen atoms in total. The Morgan fingerprint density at radius 3 is 2.45 bits per heavy atom. The fraction of sp³-hybridized carbons (Fsp3) is 0.500. The molecule has 0 aliphatic rings. The molecule has 0 aliphatic carbocycles. The highest BCUT2D eigenvalue weighted by molar-refractivity contribution is 5.36. The van der Waals surface area contributed by atoms with Gasteiger partial charge in [-0.3, -0.25) is 0 Å². The Bertz CT molecular complexity index is 406. The summed E-state index contributed by atoms with van der Waals surface area (Å²) < 4.78 is 15.9. The first-order valence-corrected chi connectivity index (χ1v) is 6.79. The average Bonchev–Trinajstić information content (AvgIpc) is 2.49. The molecule has 0 bridgehead atoms. The van der Waals surface area contributed by atoms with Gasteiger partial charge in [0.2, 0.25) is 0 Å². The molecule has 0 fully saturated rings. The van der Waals surface area contributed by atoms with Gasteiger partial charge in [-0.1, -0.05) is 24.0 Å². The number of rotatable bonds is 9. The molecule has 0 saturated heterocycles. The van der Waals surface area contributed by atoms with Gasteiger partial charge < -0.3 is 19.9 Å². The zero-order valence-corrected chi connectivity index (χ0v) is 12.1. The summed E-state index contributed by atoms with van der Waals surface area (Å²) in [5.74, 6) is 5.81. The van der Waals surface area contributed by atoms with Crippen molar-refractivity contribution in [1.82, 2.24) is 0 Å². The third kappa shape index (κ3) is 7.93. The van der Waals surface area contributed by atoms with Crippen LogP contribution in [0.2, 0.25) is 0 Å². The van der Waals surface area contributed by atoms with Gasteiger partial charge in [0.15, 0.2) is 0 Å². The minimum absolute atomic E-state index is 0.384. The van der Waals surface area contributed by atoms with Gasteiger partial charge >= 0.3 is 0 Å². The second kappa shape index (κ2) is 11.4. The van der Waals surface area contributed by atoms with E-state index in [9.17, 15) is 0 Å². The highest BCUT2D eigenvalue weighted by Crippen LogP contribution is 2.04. The fourth-order valence-electron chi connectivity index (χ4n) is 1.55. The van der Waals surface area contributed by atoms with Crippen LogP contribution in [0.25, 0.3) is 0 Å². The third-order valence-corrected chi connectivity index (χ3v) is 2.57. The van der Waals surface area contributed by atoms with Crippen molar-refractivity contribution in [2.45, 2.75) is 13.0 Å². The zero-order valence-electron chi connectivity index (χ0n) is 12.1. The van der Waals surface area contributed by atoms with E-state index in [0.717, 1.165) is 24.2 Å². The molecule has 20 heavy (non-hydrogen) atoms. The first kappa shape index (κ1) is 16.7. The van der Waals surface area contributed by atoms with Crippen LogP contribution in [-0.4, -0.2) is 40.1 Å². The Hall–Kier alpha value is -1.38. The smallest absolute Gasteiger partial charge is 0.0718 e. The summed E-state index contributed by atoms with van der Waals surface area (Å²) in [6, 6.07) is 7.98. The number of benzene rings is 1. The van der Waals surface area contributed by atoms with Crippen molar-refractivity contribution in [3.05, 3.63) is 35.4 Å². The molecule has 0 radical (unpaired) electrons. The fourth-order valence-corrected chi connectivity index (χ4v) is 1.55. The van der Waals surface area contributed by atoms with Crippen molar-refractivity contribution in [3.63, 3.8) is 0 Å². The molecule has 110 valence electrons. The van der Waals surface area contributed by atoms with E-state index >= 15 is 0 Å². The summed E-state index contributed by atoms with van der Waals surface area (Å²) in [6.45, 7) is 3.64. The van der Waals surface area contributed by atoms with E-state index in [0.29, 0.717) is 33.0 Å². The molecular weight excluding hydrogens is 254 g/mol. The molecule has 0 amide bonds. The molecule has 0 unspecified atom stereocenters. The van der Waals surface area contributed by atoms with E-state index < -0.39 is 0 Å². The maximum Gasteiger partial charge on any atom is 0.0718 e. The van der Waals surface area contributed by atoms with Gasteiger partial charge in [0, 0.05) is 25.9 Å². The van der Waals surface area contributed by atoms with Gasteiger partial charge in [-0.15, -0.1) is 0 Å². The second-order valence-electron chi connectivity index (χ2n) is 4.21. The Balaban J connectivity index is 2.10. The molecule has 4 heteroatoms. The van der Waals surface area contributed by atoms with Crippen LogP contribution in [-0.2, 0) is 20.8 Å². The lowest BCUT2D eigenvalue weighted by Gasteiger charge is -2.06. The lowest BCUT2D eigenvalue weighted by molar-refractivity contribution is 0.0337. The summed E-state index contributed by atoms with van der Waals surface area (Å²) in [5.41, 5.74) is 7.43. The number of ether oxygens (including phenoxy) is 3. The predicted octanol–water partition coefficient (Wildman–Crippen LogP) is 1.57. The van der Waals surface area contributed by atoms with Crippen LogP contribution in [0.15, 0.2) is 24.3 Å². The molecule has 0 spiro atoms. The van der Waals surface area contributed by atoms with Crippen LogP contribution in [0.5, 0.6) is 0 Å². The standard InChI is InChI=1S/C16H23NO3/c1-18-10-3-11-19-12-13-20-14-16-7-5-15(6-8-16)4-2-9-17/h5-8H,3,9-14,17H2,1H3. The van der Waals surface area contributed by atoms with Crippen LogP contribution in [0, 0.1) is 11.8 Å². The first-order chi connectivity index (χ1) is 9.86. The highest BCUT2D eigenvalue weighted by Gasteiger charge is 1.94. The lowest BCUT2D eigenvalue weighted by atomic mass is 10.1. The zero-order chi connectivity index (χ0) is 14.5. The second-order valence-corrected chi connectivity index (χ2v) is 4.21. The summed E-state index contributed by atoms with van der Waals surface area (Å²) in [6.07, 6.45) is 0.918. The molecule has 0 atom stereocenters. The van der Waals surface area contributed by atoms with Crippen molar-refractivity contribution in [2.75, 3.05) is 40.1 Å². The molecule has 2 N–H and O–H groups in total.